The van der Waals surface area contributed by atoms with E-state index < -0.39 is 34.8 Å². The molecular weight excluding hydrogens is 517 g/mol. The SMILES string of the molecule is N=C(c1ccc(-c2ccc(N3CCCCC3=O)cc2F)c(F)c1Nc1ccc2ccnc(N)c2c1)C(F)(F)F. The Hall–Kier alpha value is -4.54. The summed E-state index contributed by atoms with van der Waals surface area (Å²) >= 11 is 0. The van der Waals surface area contributed by atoms with Gasteiger partial charge in [-0.3, -0.25) is 10.2 Å². The van der Waals surface area contributed by atoms with Gasteiger partial charge >= 0.3 is 6.18 Å². The molecule has 4 N–H and O–H groups in total. The number of alkyl halides is 3. The van der Waals surface area contributed by atoms with Gasteiger partial charge in [-0.15, -0.1) is 0 Å². The number of hydrogen-bond acceptors (Lipinski definition) is 5. The molecule has 0 aliphatic carbocycles. The Morgan fingerprint density at radius 2 is 1.77 bits per heavy atom. The molecule has 0 atom stereocenters. The summed E-state index contributed by atoms with van der Waals surface area (Å²) in [5.74, 6) is -2.00. The first-order chi connectivity index (χ1) is 18.5. The van der Waals surface area contributed by atoms with Gasteiger partial charge in [0.05, 0.1) is 5.69 Å². The van der Waals surface area contributed by atoms with Crippen LogP contribution in [-0.4, -0.2) is 29.3 Å². The third-order valence-corrected chi connectivity index (χ3v) is 6.64. The number of nitrogens with two attached hydrogens (primary N) is 1. The lowest BCUT2D eigenvalue weighted by molar-refractivity contribution is -0.119. The first-order valence-electron chi connectivity index (χ1n) is 12.0. The van der Waals surface area contributed by atoms with Crippen LogP contribution in [0.2, 0.25) is 0 Å². The molecule has 1 aliphatic rings. The van der Waals surface area contributed by atoms with Crippen LogP contribution >= 0.6 is 0 Å². The molecule has 3 aromatic carbocycles. The van der Waals surface area contributed by atoms with Crippen molar-refractivity contribution in [1.29, 1.82) is 5.41 Å². The molecule has 11 heteroatoms. The van der Waals surface area contributed by atoms with Crippen molar-refractivity contribution in [2.75, 3.05) is 22.5 Å². The Bertz CT molecular complexity index is 1620. The van der Waals surface area contributed by atoms with E-state index in [1.165, 1.54) is 35.4 Å². The van der Waals surface area contributed by atoms with Crippen LogP contribution in [0, 0.1) is 17.0 Å². The maximum atomic E-state index is 15.9. The van der Waals surface area contributed by atoms with E-state index in [1.807, 2.05) is 0 Å². The fourth-order valence-electron chi connectivity index (χ4n) is 4.65. The molecule has 5 rings (SSSR count). The standard InChI is InChI=1S/C28H22F5N5O/c29-22-14-17(38-12-2-1-3-23(38)39)6-7-18(22)19-8-9-20(26(34)28(31,32)33)25(24(19)30)37-16-5-4-15-10-11-36-27(35)21(15)13-16/h4-11,13-14,34,37H,1-3,12H2,(H2,35,36). The summed E-state index contributed by atoms with van der Waals surface area (Å²) in [4.78, 5) is 17.7. The van der Waals surface area contributed by atoms with Crippen molar-refractivity contribution in [3.8, 4) is 11.1 Å². The summed E-state index contributed by atoms with van der Waals surface area (Å²) in [7, 11) is 0. The number of fused-ring (bicyclic) bond motifs is 1. The number of hydrogen-bond donors (Lipinski definition) is 3. The zero-order valence-corrected chi connectivity index (χ0v) is 20.4. The molecule has 200 valence electrons. The maximum Gasteiger partial charge on any atom is 0.433 e. The van der Waals surface area contributed by atoms with Gasteiger partial charge in [0.2, 0.25) is 5.91 Å². The summed E-state index contributed by atoms with van der Waals surface area (Å²) < 4.78 is 71.7. The number of anilines is 4. The molecule has 0 spiro atoms. The molecule has 1 saturated heterocycles. The first-order valence-corrected chi connectivity index (χ1v) is 12.0. The summed E-state index contributed by atoms with van der Waals surface area (Å²) in [6.07, 6.45) is -1.71. The minimum Gasteiger partial charge on any atom is -0.383 e. The molecule has 6 nitrogen and oxygen atoms in total. The second-order valence-electron chi connectivity index (χ2n) is 9.15. The third kappa shape index (κ3) is 4.99. The van der Waals surface area contributed by atoms with Gasteiger partial charge in [0.25, 0.3) is 0 Å². The highest BCUT2D eigenvalue weighted by molar-refractivity contribution is 6.08. The van der Waals surface area contributed by atoms with Crippen LogP contribution in [0.4, 0.5) is 44.8 Å². The van der Waals surface area contributed by atoms with Crippen LogP contribution in [0.3, 0.4) is 0 Å². The fourth-order valence-corrected chi connectivity index (χ4v) is 4.65. The van der Waals surface area contributed by atoms with Crippen molar-refractivity contribution < 1.29 is 26.7 Å². The number of aromatic nitrogens is 1. The van der Waals surface area contributed by atoms with Crippen LogP contribution in [0.5, 0.6) is 0 Å². The van der Waals surface area contributed by atoms with Crippen LogP contribution in [-0.2, 0) is 4.79 Å². The number of rotatable bonds is 5. The number of benzene rings is 3. The summed E-state index contributed by atoms with van der Waals surface area (Å²) in [5.41, 5.74) is 2.73. The molecular formula is C28H22F5N5O. The molecule has 0 saturated carbocycles. The minimum absolute atomic E-state index is 0.146. The number of pyridine rings is 1. The van der Waals surface area contributed by atoms with Crippen LogP contribution in [0.15, 0.2) is 60.8 Å². The zero-order valence-electron chi connectivity index (χ0n) is 20.4. The van der Waals surface area contributed by atoms with E-state index in [0.717, 1.165) is 31.0 Å². The molecule has 4 aromatic rings. The van der Waals surface area contributed by atoms with E-state index >= 15 is 8.78 Å². The maximum absolute atomic E-state index is 15.9. The van der Waals surface area contributed by atoms with Crippen LogP contribution < -0.4 is 16.0 Å². The number of halogens is 5. The molecule has 0 bridgehead atoms. The lowest BCUT2D eigenvalue weighted by Crippen LogP contribution is -2.35. The zero-order chi connectivity index (χ0) is 27.9. The fraction of sp³-hybridized carbons (Fsp3) is 0.179. The van der Waals surface area contributed by atoms with Gasteiger partial charge in [0, 0.05) is 52.6 Å². The van der Waals surface area contributed by atoms with Gasteiger partial charge in [-0.05, 0) is 60.7 Å². The summed E-state index contributed by atoms with van der Waals surface area (Å²) in [6, 6.07) is 12.1. The second-order valence-corrected chi connectivity index (χ2v) is 9.15. The van der Waals surface area contributed by atoms with E-state index in [0.29, 0.717) is 29.4 Å². The third-order valence-electron chi connectivity index (χ3n) is 6.64. The number of nitrogens with zero attached hydrogens (tertiary/aromatic N) is 2. The highest BCUT2D eigenvalue weighted by Crippen LogP contribution is 2.38. The van der Waals surface area contributed by atoms with Gasteiger partial charge in [-0.1, -0.05) is 12.1 Å². The van der Waals surface area contributed by atoms with Crippen molar-refractivity contribution in [2.45, 2.75) is 25.4 Å². The molecule has 1 aliphatic heterocycles. The van der Waals surface area contributed by atoms with Crippen molar-refractivity contribution in [3.63, 3.8) is 0 Å². The molecule has 0 unspecified atom stereocenters. The number of piperidine rings is 1. The molecule has 2 heterocycles. The number of nitrogen functional groups attached to an aromatic ring is 1. The van der Waals surface area contributed by atoms with Gasteiger partial charge in [0.15, 0.2) is 5.82 Å². The van der Waals surface area contributed by atoms with E-state index in [9.17, 15) is 18.0 Å². The number of nitrogens with one attached hydrogen (secondary N) is 2. The van der Waals surface area contributed by atoms with E-state index in [4.69, 9.17) is 11.1 Å². The van der Waals surface area contributed by atoms with Crippen LogP contribution in [0.25, 0.3) is 21.9 Å². The first kappa shape index (κ1) is 26.1. The quantitative estimate of drug-likeness (QED) is 0.189. The Labute approximate surface area is 219 Å². The number of amides is 1. The van der Waals surface area contributed by atoms with Crippen LogP contribution in [0.1, 0.15) is 24.8 Å². The number of carbonyl (C=O) groups excluding carboxylic acids is 1. The van der Waals surface area contributed by atoms with E-state index in [-0.39, 0.29) is 28.5 Å². The largest absolute Gasteiger partial charge is 0.433 e. The highest BCUT2D eigenvalue weighted by atomic mass is 19.4. The lowest BCUT2D eigenvalue weighted by Gasteiger charge is -2.27. The Balaban J connectivity index is 1.60. The van der Waals surface area contributed by atoms with Gasteiger partial charge in [-0.2, -0.15) is 13.2 Å². The summed E-state index contributed by atoms with van der Waals surface area (Å²) in [6.45, 7) is 0.431. The second kappa shape index (κ2) is 9.97. The molecule has 39 heavy (non-hydrogen) atoms. The average Bonchev–Trinajstić information content (AvgIpc) is 2.90. The lowest BCUT2D eigenvalue weighted by atomic mass is 9.97. The Morgan fingerprint density at radius 3 is 2.49 bits per heavy atom. The van der Waals surface area contributed by atoms with Crippen molar-refractivity contribution >= 4 is 45.3 Å². The molecule has 0 radical (unpaired) electrons. The van der Waals surface area contributed by atoms with E-state index in [2.05, 4.69) is 10.3 Å². The molecule has 1 fully saturated rings. The highest BCUT2D eigenvalue weighted by Gasteiger charge is 2.37. The topological polar surface area (TPSA) is 95.1 Å². The van der Waals surface area contributed by atoms with Crippen molar-refractivity contribution in [3.05, 3.63) is 78.0 Å². The van der Waals surface area contributed by atoms with E-state index in [1.54, 1.807) is 12.1 Å². The van der Waals surface area contributed by atoms with Gasteiger partial charge in [-0.25, -0.2) is 13.8 Å². The Kier molecular flexibility index (Phi) is 6.67. The van der Waals surface area contributed by atoms with Crippen molar-refractivity contribution in [1.82, 2.24) is 4.98 Å². The number of carbonyl (C=O) groups is 1. The predicted octanol–water partition coefficient (Wildman–Crippen LogP) is 6.95. The molecule has 1 aromatic heterocycles. The summed E-state index contributed by atoms with van der Waals surface area (Å²) in [5, 5.41) is 11.5. The monoisotopic (exact) mass is 539 g/mol. The van der Waals surface area contributed by atoms with Gasteiger partial charge < -0.3 is 16.0 Å². The Morgan fingerprint density at radius 1 is 1.00 bits per heavy atom. The minimum atomic E-state index is -5.06. The average molecular weight is 540 g/mol. The van der Waals surface area contributed by atoms with Crippen molar-refractivity contribution in [2.24, 2.45) is 0 Å². The molecule has 1 amide bonds. The smallest absolute Gasteiger partial charge is 0.383 e. The van der Waals surface area contributed by atoms with Gasteiger partial charge in [0.1, 0.15) is 17.3 Å². The normalized spacial score (nSPS) is 14.1. The predicted molar refractivity (Wildman–Crippen MR) is 140 cm³/mol.